The van der Waals surface area contributed by atoms with Gasteiger partial charge >= 0.3 is 10.1 Å². The molecule has 0 saturated carbocycles. The molecule has 0 aliphatic heterocycles. The van der Waals surface area contributed by atoms with Crippen LogP contribution in [0.1, 0.15) is 12.5 Å². The fourth-order valence-electron chi connectivity index (χ4n) is 1.88. The van der Waals surface area contributed by atoms with Gasteiger partial charge in [0.05, 0.1) is 12.8 Å². The van der Waals surface area contributed by atoms with Gasteiger partial charge in [-0.05, 0) is 42.8 Å². The fourth-order valence-corrected chi connectivity index (χ4v) is 2.84. The molecule has 0 N–H and O–H groups in total. The molecule has 0 bridgehead atoms. The van der Waals surface area contributed by atoms with Crippen LogP contribution in [0.25, 0.3) is 0 Å². The van der Waals surface area contributed by atoms with Crippen LogP contribution in [0.4, 0.5) is 0 Å². The quantitative estimate of drug-likeness (QED) is 0.437. The average molecular weight is 348 g/mol. The van der Waals surface area contributed by atoms with Crippen molar-refractivity contribution in [2.24, 2.45) is 5.10 Å². The molecule has 0 amide bonds. The molecule has 2 aromatic carbocycles. The first-order chi connectivity index (χ1) is 11.4. The van der Waals surface area contributed by atoms with Crippen molar-refractivity contribution in [2.75, 3.05) is 20.7 Å². The number of hydrazone groups is 1. The van der Waals surface area contributed by atoms with Crippen molar-refractivity contribution in [3.05, 3.63) is 54.1 Å². The van der Waals surface area contributed by atoms with E-state index < -0.39 is 10.1 Å². The molecule has 128 valence electrons. The largest absolute Gasteiger partial charge is 0.490 e. The molecular weight excluding hydrogens is 328 g/mol. The first-order valence-electron chi connectivity index (χ1n) is 7.40. The molecule has 0 saturated heterocycles. The molecule has 0 fully saturated rings. The van der Waals surface area contributed by atoms with E-state index in [1.165, 1.54) is 12.1 Å². The Kier molecular flexibility index (Phi) is 5.81. The van der Waals surface area contributed by atoms with E-state index in [2.05, 4.69) is 5.10 Å². The van der Waals surface area contributed by atoms with Crippen molar-refractivity contribution < 1.29 is 17.3 Å². The SMILES string of the molecule is CCOc1cc(/C=N\N(C)C)ccc1OS(=O)(=O)c1ccccc1. The second kappa shape index (κ2) is 7.83. The number of nitrogens with zero attached hydrogens (tertiary/aromatic N) is 2. The van der Waals surface area contributed by atoms with Gasteiger partial charge in [0.1, 0.15) is 4.90 Å². The summed E-state index contributed by atoms with van der Waals surface area (Å²) in [4.78, 5) is 0.0886. The van der Waals surface area contributed by atoms with Crippen LogP contribution in [0.3, 0.4) is 0 Å². The van der Waals surface area contributed by atoms with Crippen molar-refractivity contribution in [1.29, 1.82) is 0 Å². The van der Waals surface area contributed by atoms with E-state index in [1.807, 2.05) is 21.0 Å². The summed E-state index contributed by atoms with van der Waals surface area (Å²) in [5, 5.41) is 5.80. The number of hydrogen-bond donors (Lipinski definition) is 0. The molecule has 0 unspecified atom stereocenters. The predicted octanol–water partition coefficient (Wildman–Crippen LogP) is 2.75. The van der Waals surface area contributed by atoms with Crippen LogP contribution in [-0.4, -0.2) is 40.3 Å². The summed E-state index contributed by atoms with van der Waals surface area (Å²) < 4.78 is 35.4. The topological polar surface area (TPSA) is 68.2 Å². The second-order valence-corrected chi connectivity index (χ2v) is 6.63. The Morgan fingerprint density at radius 3 is 2.42 bits per heavy atom. The Morgan fingerprint density at radius 2 is 1.79 bits per heavy atom. The van der Waals surface area contributed by atoms with Gasteiger partial charge in [0.2, 0.25) is 0 Å². The first-order valence-corrected chi connectivity index (χ1v) is 8.81. The lowest BCUT2D eigenvalue weighted by Gasteiger charge is -2.12. The summed E-state index contributed by atoms with van der Waals surface area (Å²) in [5.74, 6) is 0.488. The average Bonchev–Trinajstić information content (AvgIpc) is 2.56. The number of benzene rings is 2. The van der Waals surface area contributed by atoms with Gasteiger partial charge < -0.3 is 13.9 Å². The van der Waals surface area contributed by atoms with Crippen LogP contribution >= 0.6 is 0 Å². The van der Waals surface area contributed by atoms with Gasteiger partial charge in [0, 0.05) is 14.1 Å². The van der Waals surface area contributed by atoms with Gasteiger partial charge in [-0.3, -0.25) is 0 Å². The van der Waals surface area contributed by atoms with Crippen molar-refractivity contribution in [3.8, 4) is 11.5 Å². The third kappa shape index (κ3) is 4.73. The standard InChI is InChI=1S/C17H20N2O4S/c1-4-22-17-12-14(13-18-19(2)3)10-11-16(17)23-24(20,21)15-8-6-5-7-9-15/h5-13H,4H2,1-3H3/b18-13-. The third-order valence-corrected chi connectivity index (χ3v) is 4.19. The molecule has 24 heavy (non-hydrogen) atoms. The van der Waals surface area contributed by atoms with E-state index in [0.29, 0.717) is 12.4 Å². The minimum atomic E-state index is -3.91. The lowest BCUT2D eigenvalue weighted by Crippen LogP contribution is -2.11. The Bertz CT molecular complexity index is 803. The Hall–Kier alpha value is -2.54. The maximum Gasteiger partial charge on any atom is 0.339 e. The molecule has 7 heteroatoms. The zero-order valence-electron chi connectivity index (χ0n) is 13.8. The van der Waals surface area contributed by atoms with Crippen molar-refractivity contribution in [2.45, 2.75) is 11.8 Å². The minimum absolute atomic E-state index is 0.0886. The second-order valence-electron chi connectivity index (χ2n) is 5.08. The fraction of sp³-hybridized carbons (Fsp3) is 0.235. The number of ether oxygens (including phenoxy) is 1. The van der Waals surface area contributed by atoms with Gasteiger partial charge in [-0.15, -0.1) is 0 Å². The summed E-state index contributed by atoms with van der Waals surface area (Å²) in [6, 6.07) is 12.9. The molecule has 0 aromatic heterocycles. The highest BCUT2D eigenvalue weighted by atomic mass is 32.2. The highest BCUT2D eigenvalue weighted by molar-refractivity contribution is 7.87. The normalized spacial score (nSPS) is 11.5. The molecule has 0 atom stereocenters. The number of rotatable bonds is 7. The van der Waals surface area contributed by atoms with Gasteiger partial charge in [0.25, 0.3) is 0 Å². The first kappa shape index (κ1) is 17.8. The zero-order valence-corrected chi connectivity index (χ0v) is 14.7. The maximum atomic E-state index is 12.3. The Labute approximate surface area is 142 Å². The molecule has 2 rings (SSSR count). The number of hydrogen-bond acceptors (Lipinski definition) is 6. The van der Waals surface area contributed by atoms with Crippen LogP contribution in [0.2, 0.25) is 0 Å². The molecular formula is C17H20N2O4S. The van der Waals surface area contributed by atoms with E-state index in [0.717, 1.165) is 5.56 Å². The third-order valence-electron chi connectivity index (χ3n) is 2.94. The van der Waals surface area contributed by atoms with E-state index >= 15 is 0 Å². The zero-order chi connectivity index (χ0) is 17.6. The van der Waals surface area contributed by atoms with Crippen LogP contribution < -0.4 is 8.92 Å². The summed E-state index contributed by atoms with van der Waals surface area (Å²) in [6.45, 7) is 2.20. The summed E-state index contributed by atoms with van der Waals surface area (Å²) in [7, 11) is -0.296. The highest BCUT2D eigenvalue weighted by Gasteiger charge is 2.19. The van der Waals surface area contributed by atoms with Gasteiger partial charge in [-0.2, -0.15) is 13.5 Å². The van der Waals surface area contributed by atoms with Crippen molar-refractivity contribution in [3.63, 3.8) is 0 Å². The molecule has 2 aromatic rings. The van der Waals surface area contributed by atoms with Gasteiger partial charge in [0.15, 0.2) is 11.5 Å². The van der Waals surface area contributed by atoms with Crippen LogP contribution in [0.15, 0.2) is 58.5 Å². The highest BCUT2D eigenvalue weighted by Crippen LogP contribution is 2.30. The maximum absolute atomic E-state index is 12.3. The van der Waals surface area contributed by atoms with Crippen molar-refractivity contribution >= 4 is 16.3 Å². The van der Waals surface area contributed by atoms with Crippen LogP contribution in [0, 0.1) is 0 Å². The Balaban J connectivity index is 2.32. The van der Waals surface area contributed by atoms with Crippen molar-refractivity contribution in [1.82, 2.24) is 5.01 Å². The molecule has 0 aliphatic carbocycles. The van der Waals surface area contributed by atoms with Crippen LogP contribution in [-0.2, 0) is 10.1 Å². The van der Waals surface area contributed by atoms with E-state index in [4.69, 9.17) is 8.92 Å². The summed E-state index contributed by atoms with van der Waals surface area (Å²) >= 11 is 0. The molecule has 0 spiro atoms. The summed E-state index contributed by atoms with van der Waals surface area (Å²) in [5.41, 5.74) is 0.775. The lowest BCUT2D eigenvalue weighted by atomic mass is 10.2. The Morgan fingerprint density at radius 1 is 1.08 bits per heavy atom. The molecule has 0 radical (unpaired) electrons. The smallest absolute Gasteiger partial charge is 0.339 e. The van der Waals surface area contributed by atoms with E-state index in [1.54, 1.807) is 47.6 Å². The molecule has 0 aliphatic rings. The monoisotopic (exact) mass is 348 g/mol. The minimum Gasteiger partial charge on any atom is -0.490 e. The predicted molar refractivity (Wildman–Crippen MR) is 93.1 cm³/mol. The van der Waals surface area contributed by atoms with Crippen LogP contribution in [0.5, 0.6) is 11.5 Å². The van der Waals surface area contributed by atoms with Gasteiger partial charge in [-0.25, -0.2) is 0 Å². The van der Waals surface area contributed by atoms with E-state index in [-0.39, 0.29) is 10.6 Å². The molecule has 0 heterocycles. The molecule has 6 nitrogen and oxygen atoms in total. The lowest BCUT2D eigenvalue weighted by molar-refractivity contribution is 0.327. The van der Waals surface area contributed by atoms with Gasteiger partial charge in [-0.1, -0.05) is 18.2 Å². The summed E-state index contributed by atoms with van der Waals surface area (Å²) in [6.07, 6.45) is 1.65. The van der Waals surface area contributed by atoms with E-state index in [9.17, 15) is 8.42 Å².